The smallest absolute Gasteiger partial charge is 0.113 e. The van der Waals surface area contributed by atoms with Gasteiger partial charge in [0.25, 0.3) is 0 Å². The zero-order valence-electron chi connectivity index (χ0n) is 7.51. The summed E-state index contributed by atoms with van der Waals surface area (Å²) in [7, 11) is 0. The number of hydrogen-bond donors (Lipinski definition) is 0. The van der Waals surface area contributed by atoms with Crippen LogP contribution < -0.4 is 0 Å². The highest BCUT2D eigenvalue weighted by molar-refractivity contribution is 5.73. The van der Waals surface area contributed by atoms with Crippen LogP contribution in [0.25, 0.3) is 11.0 Å². The minimum absolute atomic E-state index is 0.549. The fourth-order valence-electron chi connectivity index (χ4n) is 1.65. The monoisotopic (exact) mass is 173 g/mol. The first-order chi connectivity index (χ1) is 6.34. The standard InChI is InChI=1S/C10H11N3/c1-7-6-10(7)13-11-8-4-2-3-5-9(8)12-13/h2-5,7,10H,6H2,1H3. The van der Waals surface area contributed by atoms with E-state index in [-0.39, 0.29) is 0 Å². The van der Waals surface area contributed by atoms with E-state index in [0.29, 0.717) is 6.04 Å². The Kier molecular flexibility index (Phi) is 1.26. The zero-order chi connectivity index (χ0) is 8.84. The second-order valence-corrected chi connectivity index (χ2v) is 3.79. The molecular formula is C10H11N3. The molecule has 2 atom stereocenters. The van der Waals surface area contributed by atoms with Gasteiger partial charge in [0, 0.05) is 0 Å². The molecule has 0 bridgehead atoms. The Morgan fingerprint density at radius 3 is 2.23 bits per heavy atom. The lowest BCUT2D eigenvalue weighted by Crippen LogP contribution is -1.99. The molecule has 0 radical (unpaired) electrons. The molecule has 0 aliphatic heterocycles. The Morgan fingerprint density at radius 2 is 1.77 bits per heavy atom. The molecule has 0 N–H and O–H groups in total. The molecule has 2 aromatic rings. The van der Waals surface area contributed by atoms with Crippen molar-refractivity contribution >= 4 is 11.0 Å². The van der Waals surface area contributed by atoms with E-state index in [1.54, 1.807) is 0 Å². The molecule has 1 aliphatic rings. The van der Waals surface area contributed by atoms with Gasteiger partial charge in [-0.05, 0) is 24.5 Å². The van der Waals surface area contributed by atoms with Gasteiger partial charge < -0.3 is 0 Å². The Hall–Kier alpha value is -1.38. The minimum atomic E-state index is 0.549. The zero-order valence-corrected chi connectivity index (χ0v) is 7.51. The van der Waals surface area contributed by atoms with Crippen molar-refractivity contribution in [1.29, 1.82) is 0 Å². The molecule has 3 rings (SSSR count). The topological polar surface area (TPSA) is 30.7 Å². The molecule has 3 heteroatoms. The molecule has 1 heterocycles. The maximum Gasteiger partial charge on any atom is 0.113 e. The highest BCUT2D eigenvalue weighted by atomic mass is 15.5. The lowest BCUT2D eigenvalue weighted by molar-refractivity contribution is 0.534. The molecule has 13 heavy (non-hydrogen) atoms. The van der Waals surface area contributed by atoms with Crippen LogP contribution in [-0.4, -0.2) is 15.0 Å². The highest BCUT2D eigenvalue weighted by Gasteiger charge is 2.36. The first-order valence-corrected chi connectivity index (χ1v) is 4.66. The van der Waals surface area contributed by atoms with Crippen LogP contribution in [0.5, 0.6) is 0 Å². The lowest BCUT2D eigenvalue weighted by atomic mass is 10.3. The third kappa shape index (κ3) is 1.03. The number of rotatable bonds is 1. The van der Waals surface area contributed by atoms with Crippen LogP contribution in [-0.2, 0) is 0 Å². The van der Waals surface area contributed by atoms with E-state index < -0.39 is 0 Å². The average molecular weight is 173 g/mol. The molecule has 2 unspecified atom stereocenters. The van der Waals surface area contributed by atoms with Gasteiger partial charge in [-0.25, -0.2) is 0 Å². The largest absolute Gasteiger partial charge is 0.180 e. The predicted molar refractivity (Wildman–Crippen MR) is 50.3 cm³/mol. The van der Waals surface area contributed by atoms with E-state index in [1.807, 2.05) is 29.1 Å². The number of fused-ring (bicyclic) bond motifs is 1. The molecule has 3 nitrogen and oxygen atoms in total. The van der Waals surface area contributed by atoms with Gasteiger partial charge in [0.15, 0.2) is 0 Å². The second kappa shape index (κ2) is 2.31. The summed E-state index contributed by atoms with van der Waals surface area (Å²) in [5, 5.41) is 8.86. The first-order valence-electron chi connectivity index (χ1n) is 4.66. The molecule has 1 saturated carbocycles. The summed E-state index contributed by atoms with van der Waals surface area (Å²) in [6.45, 7) is 2.23. The maximum absolute atomic E-state index is 4.43. The summed E-state index contributed by atoms with van der Waals surface area (Å²) in [6, 6.07) is 8.56. The number of benzene rings is 1. The molecule has 1 fully saturated rings. The van der Waals surface area contributed by atoms with Gasteiger partial charge in [0.1, 0.15) is 11.0 Å². The van der Waals surface area contributed by atoms with Gasteiger partial charge in [0.2, 0.25) is 0 Å². The minimum Gasteiger partial charge on any atom is -0.180 e. The third-order valence-electron chi connectivity index (χ3n) is 2.67. The van der Waals surface area contributed by atoms with Gasteiger partial charge in [-0.3, -0.25) is 0 Å². The Morgan fingerprint density at radius 1 is 1.23 bits per heavy atom. The van der Waals surface area contributed by atoms with Gasteiger partial charge in [0.05, 0.1) is 6.04 Å². The van der Waals surface area contributed by atoms with E-state index in [9.17, 15) is 0 Å². The number of hydrogen-bond acceptors (Lipinski definition) is 2. The molecule has 1 aromatic carbocycles. The Bertz CT molecular complexity index is 413. The summed E-state index contributed by atoms with van der Waals surface area (Å²) in [5.41, 5.74) is 2.00. The fraction of sp³-hybridized carbons (Fsp3) is 0.400. The lowest BCUT2D eigenvalue weighted by Gasteiger charge is -1.91. The quantitative estimate of drug-likeness (QED) is 0.660. The van der Waals surface area contributed by atoms with Gasteiger partial charge in [-0.15, -0.1) is 0 Å². The summed E-state index contributed by atoms with van der Waals surface area (Å²) < 4.78 is 0. The summed E-state index contributed by atoms with van der Waals surface area (Å²) in [6.07, 6.45) is 1.22. The Balaban J connectivity index is 2.12. The van der Waals surface area contributed by atoms with Crippen LogP contribution in [0.2, 0.25) is 0 Å². The summed E-state index contributed by atoms with van der Waals surface area (Å²) in [5.74, 6) is 0.752. The van der Waals surface area contributed by atoms with Gasteiger partial charge >= 0.3 is 0 Å². The van der Waals surface area contributed by atoms with E-state index in [0.717, 1.165) is 17.0 Å². The van der Waals surface area contributed by atoms with Crippen molar-refractivity contribution < 1.29 is 0 Å². The van der Waals surface area contributed by atoms with Crippen LogP contribution in [0, 0.1) is 5.92 Å². The molecule has 0 spiro atoms. The molecule has 0 amide bonds. The van der Waals surface area contributed by atoms with E-state index >= 15 is 0 Å². The first kappa shape index (κ1) is 7.06. The average Bonchev–Trinajstić information content (AvgIpc) is 2.74. The van der Waals surface area contributed by atoms with Crippen LogP contribution in [0.3, 0.4) is 0 Å². The van der Waals surface area contributed by atoms with Crippen molar-refractivity contribution in [2.24, 2.45) is 5.92 Å². The third-order valence-corrected chi connectivity index (χ3v) is 2.67. The van der Waals surface area contributed by atoms with Crippen molar-refractivity contribution in [3.05, 3.63) is 24.3 Å². The van der Waals surface area contributed by atoms with Gasteiger partial charge in [-0.2, -0.15) is 15.0 Å². The van der Waals surface area contributed by atoms with Crippen LogP contribution >= 0.6 is 0 Å². The molecule has 0 saturated heterocycles. The number of aromatic nitrogens is 3. The van der Waals surface area contributed by atoms with Gasteiger partial charge in [-0.1, -0.05) is 19.1 Å². The van der Waals surface area contributed by atoms with Crippen LogP contribution in [0.4, 0.5) is 0 Å². The molecule has 66 valence electrons. The molecule has 1 aliphatic carbocycles. The molecule has 1 aromatic heterocycles. The van der Waals surface area contributed by atoms with E-state index in [2.05, 4.69) is 17.1 Å². The maximum atomic E-state index is 4.43. The second-order valence-electron chi connectivity index (χ2n) is 3.79. The van der Waals surface area contributed by atoms with Crippen molar-refractivity contribution in [2.45, 2.75) is 19.4 Å². The SMILES string of the molecule is CC1CC1n1nc2ccccc2n1. The van der Waals surface area contributed by atoms with E-state index in [4.69, 9.17) is 0 Å². The van der Waals surface area contributed by atoms with Crippen LogP contribution in [0.1, 0.15) is 19.4 Å². The summed E-state index contributed by atoms with van der Waals surface area (Å²) in [4.78, 5) is 1.87. The van der Waals surface area contributed by atoms with Crippen molar-refractivity contribution in [3.8, 4) is 0 Å². The fourth-order valence-corrected chi connectivity index (χ4v) is 1.65. The van der Waals surface area contributed by atoms with E-state index in [1.165, 1.54) is 6.42 Å². The predicted octanol–water partition coefficient (Wildman–Crippen LogP) is 2.01. The Labute approximate surface area is 76.4 Å². The normalized spacial score (nSPS) is 26.5. The van der Waals surface area contributed by atoms with Crippen molar-refractivity contribution in [3.63, 3.8) is 0 Å². The number of nitrogens with zero attached hydrogens (tertiary/aromatic N) is 3. The van der Waals surface area contributed by atoms with Crippen LogP contribution in [0.15, 0.2) is 24.3 Å². The molecular weight excluding hydrogens is 162 g/mol. The summed E-state index contributed by atoms with van der Waals surface area (Å²) >= 11 is 0. The van der Waals surface area contributed by atoms with Crippen molar-refractivity contribution in [1.82, 2.24) is 15.0 Å². The van der Waals surface area contributed by atoms with Crippen molar-refractivity contribution in [2.75, 3.05) is 0 Å². The highest BCUT2D eigenvalue weighted by Crippen LogP contribution is 2.41.